The van der Waals surface area contributed by atoms with E-state index in [1.54, 1.807) is 43.5 Å². The van der Waals surface area contributed by atoms with Gasteiger partial charge in [0.1, 0.15) is 23.9 Å². The van der Waals surface area contributed by atoms with E-state index in [0.717, 1.165) is 12.8 Å². The molecule has 1 atom stereocenters. The molecular formula is C24H29F2N3O3. The summed E-state index contributed by atoms with van der Waals surface area (Å²) in [6.07, 6.45) is 4.13. The Bertz CT molecular complexity index is 1090. The van der Waals surface area contributed by atoms with Gasteiger partial charge in [0.2, 0.25) is 0 Å². The Morgan fingerprint density at radius 2 is 1.94 bits per heavy atom. The van der Waals surface area contributed by atoms with Crippen LogP contribution in [0.3, 0.4) is 0 Å². The molecule has 0 spiro atoms. The number of aryl methyl sites for hydroxylation is 1. The SMILES string of the molecule is CCCC[C@@H](NC(=O)c1c(C)nc2c(OCc3c(F)cccc3F)cccn12)C(C)(C)O. The predicted molar refractivity (Wildman–Crippen MR) is 118 cm³/mol. The molecule has 2 N–H and O–H groups in total. The van der Waals surface area contributed by atoms with Crippen molar-refractivity contribution >= 4 is 11.6 Å². The number of amides is 1. The lowest BCUT2D eigenvalue weighted by Gasteiger charge is -2.30. The third-order valence-electron chi connectivity index (χ3n) is 5.44. The number of carbonyl (C=O) groups excluding carboxylic acids is 1. The third-order valence-corrected chi connectivity index (χ3v) is 5.44. The first-order valence-electron chi connectivity index (χ1n) is 10.7. The molecule has 0 aliphatic rings. The highest BCUT2D eigenvalue weighted by molar-refractivity contribution is 5.95. The average Bonchev–Trinajstić information content (AvgIpc) is 3.06. The van der Waals surface area contributed by atoms with E-state index in [4.69, 9.17) is 4.74 Å². The van der Waals surface area contributed by atoms with Gasteiger partial charge in [0.05, 0.1) is 22.9 Å². The van der Waals surface area contributed by atoms with Crippen LogP contribution in [0, 0.1) is 18.6 Å². The summed E-state index contributed by atoms with van der Waals surface area (Å²) in [7, 11) is 0. The van der Waals surface area contributed by atoms with Crippen LogP contribution >= 0.6 is 0 Å². The van der Waals surface area contributed by atoms with Crippen LogP contribution in [-0.2, 0) is 6.61 Å². The summed E-state index contributed by atoms with van der Waals surface area (Å²) in [4.78, 5) is 17.6. The molecule has 1 aromatic carbocycles. The number of nitrogens with one attached hydrogen (secondary N) is 1. The minimum atomic E-state index is -1.09. The molecule has 0 unspecified atom stereocenters. The summed E-state index contributed by atoms with van der Waals surface area (Å²) >= 11 is 0. The third kappa shape index (κ3) is 5.07. The van der Waals surface area contributed by atoms with Gasteiger partial charge in [-0.25, -0.2) is 13.8 Å². The van der Waals surface area contributed by atoms with Crippen molar-refractivity contribution in [2.75, 3.05) is 0 Å². The van der Waals surface area contributed by atoms with Crippen LogP contribution in [0.4, 0.5) is 8.78 Å². The number of nitrogens with zero attached hydrogens (tertiary/aromatic N) is 2. The number of imidazole rings is 1. The number of benzene rings is 1. The minimum absolute atomic E-state index is 0.181. The Balaban J connectivity index is 1.88. The first-order chi connectivity index (χ1) is 15.1. The van der Waals surface area contributed by atoms with Gasteiger partial charge >= 0.3 is 0 Å². The molecule has 3 aromatic rings. The van der Waals surface area contributed by atoms with Crippen LogP contribution in [-0.4, -0.2) is 32.0 Å². The molecule has 0 radical (unpaired) electrons. The summed E-state index contributed by atoms with van der Waals surface area (Å²) in [6, 6.07) is 6.50. The van der Waals surface area contributed by atoms with Crippen molar-refractivity contribution in [3.8, 4) is 5.75 Å². The van der Waals surface area contributed by atoms with Crippen molar-refractivity contribution in [2.24, 2.45) is 0 Å². The molecule has 8 heteroatoms. The number of unbranched alkanes of at least 4 members (excludes halogenated alkanes) is 1. The number of fused-ring (bicyclic) bond motifs is 1. The maximum atomic E-state index is 13.9. The van der Waals surface area contributed by atoms with Crippen LogP contribution < -0.4 is 10.1 Å². The van der Waals surface area contributed by atoms with Crippen molar-refractivity contribution in [3.05, 3.63) is 65.1 Å². The van der Waals surface area contributed by atoms with Crippen molar-refractivity contribution in [1.82, 2.24) is 14.7 Å². The van der Waals surface area contributed by atoms with E-state index in [0.29, 0.717) is 29.2 Å². The average molecular weight is 446 g/mol. The molecule has 0 saturated heterocycles. The van der Waals surface area contributed by atoms with Gasteiger partial charge in [0.25, 0.3) is 5.91 Å². The van der Waals surface area contributed by atoms with E-state index in [1.807, 2.05) is 6.92 Å². The zero-order valence-corrected chi connectivity index (χ0v) is 18.8. The monoisotopic (exact) mass is 445 g/mol. The Hall–Kier alpha value is -3.00. The fourth-order valence-corrected chi connectivity index (χ4v) is 3.60. The molecule has 2 aromatic heterocycles. The van der Waals surface area contributed by atoms with Crippen molar-refractivity contribution < 1.29 is 23.4 Å². The summed E-state index contributed by atoms with van der Waals surface area (Å²) in [6.45, 7) is 6.77. The number of carbonyl (C=O) groups is 1. The molecule has 32 heavy (non-hydrogen) atoms. The molecular weight excluding hydrogens is 416 g/mol. The van der Waals surface area contributed by atoms with Gasteiger partial charge in [-0.15, -0.1) is 0 Å². The lowest BCUT2D eigenvalue weighted by atomic mass is 9.94. The van der Waals surface area contributed by atoms with Gasteiger partial charge in [-0.2, -0.15) is 0 Å². The second kappa shape index (κ2) is 9.65. The van der Waals surface area contributed by atoms with Crippen LogP contribution in [0.5, 0.6) is 5.75 Å². The van der Waals surface area contributed by atoms with E-state index in [1.165, 1.54) is 18.2 Å². The van der Waals surface area contributed by atoms with Gasteiger partial charge in [-0.1, -0.05) is 25.8 Å². The van der Waals surface area contributed by atoms with Gasteiger partial charge in [-0.05, 0) is 51.5 Å². The Morgan fingerprint density at radius 1 is 1.25 bits per heavy atom. The smallest absolute Gasteiger partial charge is 0.270 e. The fourth-order valence-electron chi connectivity index (χ4n) is 3.60. The highest BCUT2D eigenvalue weighted by Gasteiger charge is 2.30. The predicted octanol–water partition coefficient (Wildman–Crippen LogP) is 4.56. The Labute approximate surface area is 186 Å². The molecule has 0 fully saturated rings. The van der Waals surface area contributed by atoms with Crippen LogP contribution in [0.2, 0.25) is 0 Å². The van der Waals surface area contributed by atoms with Gasteiger partial charge < -0.3 is 15.2 Å². The fraction of sp³-hybridized carbons (Fsp3) is 0.417. The molecule has 0 bridgehead atoms. The largest absolute Gasteiger partial charge is 0.485 e. The van der Waals surface area contributed by atoms with E-state index < -0.39 is 23.3 Å². The number of hydrogen-bond donors (Lipinski definition) is 2. The van der Waals surface area contributed by atoms with E-state index in [-0.39, 0.29) is 18.1 Å². The van der Waals surface area contributed by atoms with E-state index in [9.17, 15) is 18.7 Å². The topological polar surface area (TPSA) is 75.9 Å². The van der Waals surface area contributed by atoms with Gasteiger partial charge in [-0.3, -0.25) is 9.20 Å². The van der Waals surface area contributed by atoms with E-state index in [2.05, 4.69) is 10.3 Å². The molecule has 0 saturated carbocycles. The van der Waals surface area contributed by atoms with Crippen molar-refractivity contribution in [3.63, 3.8) is 0 Å². The minimum Gasteiger partial charge on any atom is -0.485 e. The zero-order chi connectivity index (χ0) is 23.5. The number of rotatable bonds is 9. The van der Waals surface area contributed by atoms with Gasteiger partial charge in [0, 0.05) is 6.20 Å². The van der Waals surface area contributed by atoms with Crippen LogP contribution in [0.1, 0.15) is 61.8 Å². The van der Waals surface area contributed by atoms with Crippen LogP contribution in [0.25, 0.3) is 5.65 Å². The maximum absolute atomic E-state index is 13.9. The lowest BCUT2D eigenvalue weighted by molar-refractivity contribution is 0.0313. The molecule has 0 aliphatic carbocycles. The first-order valence-corrected chi connectivity index (χ1v) is 10.7. The summed E-state index contributed by atoms with van der Waals surface area (Å²) in [5.74, 6) is -1.46. The number of ether oxygens (including phenoxy) is 1. The molecule has 3 rings (SSSR count). The van der Waals surface area contributed by atoms with Crippen molar-refractivity contribution in [2.45, 2.75) is 65.2 Å². The highest BCUT2D eigenvalue weighted by atomic mass is 19.1. The number of aliphatic hydroxyl groups is 1. The molecule has 0 aliphatic heterocycles. The molecule has 172 valence electrons. The maximum Gasteiger partial charge on any atom is 0.270 e. The Kier molecular flexibility index (Phi) is 7.13. The number of halogens is 2. The summed E-state index contributed by atoms with van der Waals surface area (Å²) in [5, 5.41) is 13.4. The number of hydrogen-bond acceptors (Lipinski definition) is 4. The number of pyridine rings is 1. The zero-order valence-electron chi connectivity index (χ0n) is 18.8. The second-order valence-corrected chi connectivity index (χ2v) is 8.42. The second-order valence-electron chi connectivity index (χ2n) is 8.42. The standard InChI is InChI=1S/C24H29F2N3O3/c1-5-6-12-20(24(3,4)31)28-23(30)21-15(2)27-22-19(11-8-13-29(21)22)32-14-16-17(25)9-7-10-18(16)26/h7-11,13,20,31H,5-6,12,14H2,1-4H3,(H,28,30)/t20-/m1/s1. The highest BCUT2D eigenvalue weighted by Crippen LogP contribution is 2.25. The van der Waals surface area contributed by atoms with E-state index >= 15 is 0 Å². The number of aromatic nitrogens is 2. The van der Waals surface area contributed by atoms with Crippen molar-refractivity contribution in [1.29, 1.82) is 0 Å². The molecule has 1 amide bonds. The van der Waals surface area contributed by atoms with Gasteiger partial charge in [0.15, 0.2) is 11.4 Å². The molecule has 6 nitrogen and oxygen atoms in total. The molecule has 2 heterocycles. The normalized spacial score (nSPS) is 12.7. The summed E-state index contributed by atoms with van der Waals surface area (Å²) in [5.41, 5.74) is -0.119. The lowest BCUT2D eigenvalue weighted by Crippen LogP contribution is -2.49. The summed E-state index contributed by atoms with van der Waals surface area (Å²) < 4.78 is 35.1. The quantitative estimate of drug-likeness (QED) is 0.506. The first kappa shape index (κ1) is 23.7. The Morgan fingerprint density at radius 3 is 2.56 bits per heavy atom. The van der Waals surface area contributed by atoms with Crippen LogP contribution in [0.15, 0.2) is 36.5 Å².